The standard InChI is InChI=1S/C19H26O2/c1-3-4-9-19-11-7-14-12-15(20)5-6-17(14)18(19,2)10-8-16(21)13-19/h5-6,12,20H,3-4,7-11,13H2,1-2H3/t18-,19+/m0/s1. The first-order valence-electron chi connectivity index (χ1n) is 8.35. The van der Waals surface area contributed by atoms with Gasteiger partial charge in [-0.1, -0.05) is 32.8 Å². The smallest absolute Gasteiger partial charge is 0.133 e. The number of hydrogen-bond acceptors (Lipinski definition) is 2. The maximum Gasteiger partial charge on any atom is 0.133 e. The fourth-order valence-corrected chi connectivity index (χ4v) is 4.80. The quantitative estimate of drug-likeness (QED) is 0.886. The van der Waals surface area contributed by atoms with Gasteiger partial charge in [0.05, 0.1) is 0 Å². The van der Waals surface area contributed by atoms with Gasteiger partial charge in [0.25, 0.3) is 0 Å². The van der Waals surface area contributed by atoms with Crippen LogP contribution in [0.25, 0.3) is 0 Å². The van der Waals surface area contributed by atoms with E-state index >= 15 is 0 Å². The van der Waals surface area contributed by atoms with Crippen LogP contribution in [0.1, 0.15) is 69.9 Å². The minimum absolute atomic E-state index is 0.0946. The Kier molecular flexibility index (Phi) is 3.59. The lowest BCUT2D eigenvalue weighted by molar-refractivity contribution is -0.128. The van der Waals surface area contributed by atoms with E-state index in [-0.39, 0.29) is 10.8 Å². The summed E-state index contributed by atoms with van der Waals surface area (Å²) >= 11 is 0. The molecule has 0 radical (unpaired) electrons. The molecule has 0 amide bonds. The minimum atomic E-state index is 0.0946. The average molecular weight is 286 g/mol. The lowest BCUT2D eigenvalue weighted by Crippen LogP contribution is -2.51. The van der Waals surface area contributed by atoms with Crippen LogP contribution in [0, 0.1) is 5.41 Å². The molecule has 2 heteroatoms. The highest BCUT2D eigenvalue weighted by molar-refractivity contribution is 5.81. The zero-order valence-corrected chi connectivity index (χ0v) is 13.2. The van der Waals surface area contributed by atoms with Crippen LogP contribution < -0.4 is 0 Å². The molecule has 114 valence electrons. The number of hydrogen-bond donors (Lipinski definition) is 1. The van der Waals surface area contributed by atoms with Gasteiger partial charge in [-0.05, 0) is 59.8 Å². The van der Waals surface area contributed by atoms with Crippen LogP contribution in [0.15, 0.2) is 18.2 Å². The maximum absolute atomic E-state index is 12.2. The monoisotopic (exact) mass is 286 g/mol. The third kappa shape index (κ3) is 2.20. The number of fused-ring (bicyclic) bond motifs is 3. The van der Waals surface area contributed by atoms with Crippen molar-refractivity contribution in [2.45, 2.75) is 70.6 Å². The molecule has 1 aromatic carbocycles. The van der Waals surface area contributed by atoms with E-state index in [1.54, 1.807) is 0 Å². The minimum Gasteiger partial charge on any atom is -0.508 e. The molecule has 21 heavy (non-hydrogen) atoms. The first kappa shape index (κ1) is 14.6. The molecule has 0 aliphatic heterocycles. The van der Waals surface area contributed by atoms with Gasteiger partial charge in [0.1, 0.15) is 11.5 Å². The Morgan fingerprint density at radius 1 is 1.24 bits per heavy atom. The number of unbranched alkanes of at least 4 members (excludes halogenated alkanes) is 1. The number of Topliss-reactive ketones (excluding diaryl/α,β-unsaturated/α-hetero) is 1. The summed E-state index contributed by atoms with van der Waals surface area (Å²) in [4.78, 5) is 12.2. The lowest BCUT2D eigenvalue weighted by atomic mass is 9.48. The summed E-state index contributed by atoms with van der Waals surface area (Å²) in [6.45, 7) is 4.59. The Morgan fingerprint density at radius 3 is 2.81 bits per heavy atom. The van der Waals surface area contributed by atoms with E-state index in [1.165, 1.54) is 24.0 Å². The number of phenolic OH excluding ortho intramolecular Hbond substituents is 1. The number of aryl methyl sites for hydroxylation is 1. The first-order chi connectivity index (χ1) is 10.0. The second-order valence-corrected chi connectivity index (χ2v) is 7.27. The molecule has 2 aliphatic rings. The van der Waals surface area contributed by atoms with Crippen LogP contribution in [0.4, 0.5) is 0 Å². The Bertz CT molecular complexity index is 563. The summed E-state index contributed by atoms with van der Waals surface area (Å²) in [5.41, 5.74) is 2.91. The second-order valence-electron chi connectivity index (χ2n) is 7.27. The molecule has 0 bridgehead atoms. The summed E-state index contributed by atoms with van der Waals surface area (Å²) in [7, 11) is 0. The number of aromatic hydroxyl groups is 1. The number of carbonyl (C=O) groups is 1. The molecule has 1 N–H and O–H groups in total. The predicted octanol–water partition coefficient (Wildman–Crippen LogP) is 4.53. The number of benzene rings is 1. The van der Waals surface area contributed by atoms with Gasteiger partial charge >= 0.3 is 0 Å². The summed E-state index contributed by atoms with van der Waals surface area (Å²) in [6.07, 6.45) is 8.07. The van der Waals surface area contributed by atoms with Crippen LogP contribution in [-0.2, 0) is 16.6 Å². The topological polar surface area (TPSA) is 37.3 Å². The highest BCUT2D eigenvalue weighted by Gasteiger charge is 2.54. The largest absolute Gasteiger partial charge is 0.508 e. The van der Waals surface area contributed by atoms with Gasteiger partial charge < -0.3 is 5.11 Å². The van der Waals surface area contributed by atoms with E-state index in [0.29, 0.717) is 18.0 Å². The van der Waals surface area contributed by atoms with Crippen LogP contribution in [0.5, 0.6) is 5.75 Å². The van der Waals surface area contributed by atoms with Gasteiger partial charge in [-0.2, -0.15) is 0 Å². The third-order valence-corrected chi connectivity index (χ3v) is 6.17. The normalized spacial score (nSPS) is 31.6. The number of carbonyl (C=O) groups excluding carboxylic acids is 1. The molecule has 0 aromatic heterocycles. The number of ketones is 1. The molecule has 2 aliphatic carbocycles. The van der Waals surface area contributed by atoms with Crippen molar-refractivity contribution >= 4 is 5.78 Å². The van der Waals surface area contributed by atoms with Gasteiger partial charge in [0.15, 0.2) is 0 Å². The van der Waals surface area contributed by atoms with Crippen LogP contribution in [0.2, 0.25) is 0 Å². The van der Waals surface area contributed by atoms with Crippen LogP contribution in [-0.4, -0.2) is 10.9 Å². The van der Waals surface area contributed by atoms with Gasteiger partial charge in [-0.15, -0.1) is 0 Å². The number of phenols is 1. The number of rotatable bonds is 3. The van der Waals surface area contributed by atoms with E-state index in [9.17, 15) is 9.90 Å². The zero-order valence-electron chi connectivity index (χ0n) is 13.2. The highest BCUT2D eigenvalue weighted by atomic mass is 16.3. The van der Waals surface area contributed by atoms with E-state index in [2.05, 4.69) is 19.9 Å². The molecule has 3 rings (SSSR count). The van der Waals surface area contributed by atoms with Crippen molar-refractivity contribution in [2.75, 3.05) is 0 Å². The summed E-state index contributed by atoms with van der Waals surface area (Å²) < 4.78 is 0. The average Bonchev–Trinajstić information content (AvgIpc) is 2.46. The SMILES string of the molecule is CCCC[C@]12CCc3cc(O)ccc3[C@]1(C)CCC(=O)C2. The summed E-state index contributed by atoms with van der Waals surface area (Å²) in [6, 6.07) is 5.86. The molecular formula is C19H26O2. The van der Waals surface area contributed by atoms with Crippen LogP contribution in [0.3, 0.4) is 0 Å². The summed E-state index contributed by atoms with van der Waals surface area (Å²) in [5, 5.41) is 9.76. The fraction of sp³-hybridized carbons (Fsp3) is 0.632. The molecule has 1 fully saturated rings. The van der Waals surface area contributed by atoms with Crippen molar-refractivity contribution < 1.29 is 9.90 Å². The van der Waals surface area contributed by atoms with Crippen molar-refractivity contribution in [3.63, 3.8) is 0 Å². The highest BCUT2D eigenvalue weighted by Crippen LogP contribution is 2.59. The lowest BCUT2D eigenvalue weighted by Gasteiger charge is -2.56. The Hall–Kier alpha value is -1.31. The molecular weight excluding hydrogens is 260 g/mol. The molecule has 0 spiro atoms. The Balaban J connectivity index is 2.07. The van der Waals surface area contributed by atoms with Gasteiger partial charge in [-0.25, -0.2) is 0 Å². The Labute approximate surface area is 127 Å². The molecule has 0 heterocycles. The molecule has 2 atom stereocenters. The van der Waals surface area contributed by atoms with Crippen molar-refractivity contribution in [3.8, 4) is 5.75 Å². The van der Waals surface area contributed by atoms with E-state index in [4.69, 9.17) is 0 Å². The molecule has 1 aromatic rings. The zero-order chi connectivity index (χ0) is 15.1. The Morgan fingerprint density at radius 2 is 2.05 bits per heavy atom. The van der Waals surface area contributed by atoms with E-state index < -0.39 is 0 Å². The van der Waals surface area contributed by atoms with Crippen molar-refractivity contribution in [1.82, 2.24) is 0 Å². The maximum atomic E-state index is 12.2. The van der Waals surface area contributed by atoms with Gasteiger partial charge in [0.2, 0.25) is 0 Å². The van der Waals surface area contributed by atoms with E-state index in [1.807, 2.05) is 12.1 Å². The molecule has 0 saturated heterocycles. The van der Waals surface area contributed by atoms with Crippen molar-refractivity contribution in [1.29, 1.82) is 0 Å². The predicted molar refractivity (Wildman–Crippen MR) is 84.6 cm³/mol. The second kappa shape index (κ2) is 5.15. The van der Waals surface area contributed by atoms with E-state index in [0.717, 1.165) is 32.1 Å². The fourth-order valence-electron chi connectivity index (χ4n) is 4.80. The van der Waals surface area contributed by atoms with Crippen molar-refractivity contribution in [2.24, 2.45) is 5.41 Å². The summed E-state index contributed by atoms with van der Waals surface area (Å²) in [5.74, 6) is 0.816. The van der Waals surface area contributed by atoms with Crippen LogP contribution >= 0.6 is 0 Å². The van der Waals surface area contributed by atoms with Gasteiger partial charge in [-0.3, -0.25) is 4.79 Å². The first-order valence-corrected chi connectivity index (χ1v) is 8.35. The molecule has 0 unspecified atom stereocenters. The van der Waals surface area contributed by atoms with Gasteiger partial charge in [0, 0.05) is 12.8 Å². The van der Waals surface area contributed by atoms with Crippen molar-refractivity contribution in [3.05, 3.63) is 29.3 Å². The molecule has 2 nitrogen and oxygen atoms in total. The third-order valence-electron chi connectivity index (χ3n) is 6.17. The molecule has 1 saturated carbocycles.